The number of piperazine rings is 1. The maximum atomic E-state index is 12.1. The molecule has 1 fully saturated rings. The highest BCUT2D eigenvalue weighted by molar-refractivity contribution is 5.78. The van der Waals surface area contributed by atoms with Gasteiger partial charge in [-0.3, -0.25) is 14.5 Å². The molecule has 0 radical (unpaired) electrons. The first-order valence-corrected chi connectivity index (χ1v) is 7.08. The first-order chi connectivity index (χ1) is 8.81. The second kappa shape index (κ2) is 6.89. The monoisotopic (exact) mass is 269 g/mol. The molecular weight excluding hydrogens is 242 g/mol. The van der Waals surface area contributed by atoms with Crippen molar-refractivity contribution in [3.8, 4) is 0 Å². The Morgan fingerprint density at radius 3 is 2.16 bits per heavy atom. The van der Waals surface area contributed by atoms with E-state index in [1.807, 2.05) is 11.8 Å². The number of hydrogen-bond acceptors (Lipinski definition) is 3. The zero-order valence-corrected chi connectivity index (χ0v) is 12.7. The molecule has 0 aromatic heterocycles. The van der Waals surface area contributed by atoms with Gasteiger partial charge in [0.1, 0.15) is 0 Å². The smallest absolute Gasteiger partial charge is 0.234 e. The Morgan fingerprint density at radius 2 is 1.68 bits per heavy atom. The molecule has 1 aliphatic heterocycles. The third kappa shape index (κ3) is 6.05. The van der Waals surface area contributed by atoms with Gasteiger partial charge in [0.05, 0.1) is 6.54 Å². The van der Waals surface area contributed by atoms with Crippen molar-refractivity contribution in [3.63, 3.8) is 0 Å². The van der Waals surface area contributed by atoms with E-state index >= 15 is 0 Å². The van der Waals surface area contributed by atoms with Crippen molar-refractivity contribution < 1.29 is 9.59 Å². The number of nitrogens with zero attached hydrogens (tertiary/aromatic N) is 2. The summed E-state index contributed by atoms with van der Waals surface area (Å²) >= 11 is 0. The number of carbonyl (C=O) groups excluding carboxylic acids is 2. The fourth-order valence-electron chi connectivity index (χ4n) is 2.18. The van der Waals surface area contributed by atoms with Gasteiger partial charge in [0.2, 0.25) is 11.8 Å². The van der Waals surface area contributed by atoms with Crippen LogP contribution in [0.4, 0.5) is 0 Å². The minimum atomic E-state index is 0.0369. The molecule has 5 nitrogen and oxygen atoms in total. The molecule has 110 valence electrons. The highest BCUT2D eigenvalue weighted by atomic mass is 16.2. The Morgan fingerprint density at radius 1 is 1.11 bits per heavy atom. The molecule has 1 heterocycles. The van der Waals surface area contributed by atoms with Crippen LogP contribution in [0.3, 0.4) is 0 Å². The second-order valence-electron chi connectivity index (χ2n) is 6.35. The SMILES string of the molecule is CCNC(=O)CN1CCN(C(=O)CC(C)(C)C)CC1. The van der Waals surface area contributed by atoms with Crippen LogP contribution in [0, 0.1) is 5.41 Å². The molecule has 5 heteroatoms. The summed E-state index contributed by atoms with van der Waals surface area (Å²) in [6.07, 6.45) is 0.587. The van der Waals surface area contributed by atoms with Crippen molar-refractivity contribution in [2.24, 2.45) is 5.41 Å². The quantitative estimate of drug-likeness (QED) is 0.817. The summed E-state index contributed by atoms with van der Waals surface area (Å²) in [5.41, 5.74) is 0.0369. The van der Waals surface area contributed by atoms with Crippen molar-refractivity contribution in [3.05, 3.63) is 0 Å². The molecule has 0 saturated carbocycles. The van der Waals surface area contributed by atoms with Crippen LogP contribution in [-0.4, -0.2) is 60.9 Å². The number of amides is 2. The van der Waals surface area contributed by atoms with Crippen molar-refractivity contribution in [1.29, 1.82) is 0 Å². The van der Waals surface area contributed by atoms with Gasteiger partial charge in [0, 0.05) is 39.1 Å². The summed E-state index contributed by atoms with van der Waals surface area (Å²) in [6, 6.07) is 0. The van der Waals surface area contributed by atoms with Gasteiger partial charge in [-0.1, -0.05) is 20.8 Å². The van der Waals surface area contributed by atoms with E-state index in [2.05, 4.69) is 31.0 Å². The van der Waals surface area contributed by atoms with Crippen LogP contribution < -0.4 is 5.32 Å². The summed E-state index contributed by atoms with van der Waals surface area (Å²) < 4.78 is 0. The standard InChI is InChI=1S/C14H27N3O2/c1-5-15-12(18)11-16-6-8-17(9-7-16)13(19)10-14(2,3)4/h5-11H2,1-4H3,(H,15,18). The fraction of sp³-hybridized carbons (Fsp3) is 0.857. The van der Waals surface area contributed by atoms with Crippen LogP contribution in [0.5, 0.6) is 0 Å². The lowest BCUT2D eigenvalue weighted by Gasteiger charge is -2.35. The van der Waals surface area contributed by atoms with Gasteiger partial charge < -0.3 is 10.2 Å². The number of nitrogens with one attached hydrogen (secondary N) is 1. The first kappa shape index (κ1) is 16.0. The molecule has 1 rings (SSSR count). The summed E-state index contributed by atoms with van der Waals surface area (Å²) in [4.78, 5) is 27.6. The van der Waals surface area contributed by atoms with Gasteiger partial charge in [-0.05, 0) is 12.3 Å². The Balaban J connectivity index is 2.32. The van der Waals surface area contributed by atoms with Crippen molar-refractivity contribution in [2.75, 3.05) is 39.3 Å². The fourth-order valence-corrected chi connectivity index (χ4v) is 2.18. The van der Waals surface area contributed by atoms with E-state index in [9.17, 15) is 9.59 Å². The van der Waals surface area contributed by atoms with E-state index in [1.54, 1.807) is 0 Å². The number of hydrogen-bond donors (Lipinski definition) is 1. The Bertz CT molecular complexity index is 315. The zero-order valence-electron chi connectivity index (χ0n) is 12.7. The third-order valence-electron chi connectivity index (χ3n) is 3.15. The second-order valence-corrected chi connectivity index (χ2v) is 6.35. The maximum Gasteiger partial charge on any atom is 0.234 e. The van der Waals surface area contributed by atoms with Crippen molar-refractivity contribution in [2.45, 2.75) is 34.1 Å². The first-order valence-electron chi connectivity index (χ1n) is 7.08. The summed E-state index contributed by atoms with van der Waals surface area (Å²) in [5.74, 6) is 0.294. The Kier molecular flexibility index (Phi) is 5.79. The number of likely N-dealkylation sites (N-methyl/N-ethyl adjacent to an activating group) is 1. The van der Waals surface area contributed by atoms with E-state index in [0.29, 0.717) is 19.5 Å². The molecule has 0 aromatic carbocycles. The van der Waals surface area contributed by atoms with Crippen molar-refractivity contribution in [1.82, 2.24) is 15.1 Å². The van der Waals surface area contributed by atoms with Gasteiger partial charge in [0.15, 0.2) is 0 Å². The largest absolute Gasteiger partial charge is 0.355 e. The number of carbonyl (C=O) groups is 2. The van der Waals surface area contributed by atoms with Gasteiger partial charge in [-0.25, -0.2) is 0 Å². The third-order valence-corrected chi connectivity index (χ3v) is 3.15. The van der Waals surface area contributed by atoms with E-state index in [4.69, 9.17) is 0 Å². The molecule has 19 heavy (non-hydrogen) atoms. The Labute approximate surface area is 116 Å². The predicted octanol–water partition coefficient (Wildman–Crippen LogP) is 0.703. The van der Waals surface area contributed by atoms with Gasteiger partial charge in [-0.2, -0.15) is 0 Å². The number of rotatable bonds is 4. The maximum absolute atomic E-state index is 12.1. The van der Waals surface area contributed by atoms with E-state index < -0.39 is 0 Å². The topological polar surface area (TPSA) is 52.7 Å². The minimum Gasteiger partial charge on any atom is -0.355 e. The van der Waals surface area contributed by atoms with E-state index in [-0.39, 0.29) is 17.2 Å². The molecule has 0 bridgehead atoms. The predicted molar refractivity (Wildman–Crippen MR) is 75.8 cm³/mol. The minimum absolute atomic E-state index is 0.0369. The summed E-state index contributed by atoms with van der Waals surface area (Å²) in [5, 5.41) is 2.80. The molecule has 1 aliphatic rings. The van der Waals surface area contributed by atoms with Crippen LogP contribution in [0.2, 0.25) is 0 Å². The van der Waals surface area contributed by atoms with Gasteiger partial charge >= 0.3 is 0 Å². The molecule has 1 saturated heterocycles. The van der Waals surface area contributed by atoms with Crippen molar-refractivity contribution >= 4 is 11.8 Å². The van der Waals surface area contributed by atoms with Gasteiger partial charge in [-0.15, -0.1) is 0 Å². The molecule has 0 atom stereocenters. The molecule has 0 aliphatic carbocycles. The van der Waals surface area contributed by atoms with E-state index in [0.717, 1.165) is 26.2 Å². The summed E-state index contributed by atoms with van der Waals surface area (Å²) in [7, 11) is 0. The average molecular weight is 269 g/mol. The lowest BCUT2D eigenvalue weighted by atomic mass is 9.91. The van der Waals surface area contributed by atoms with Crippen LogP contribution in [0.15, 0.2) is 0 Å². The lowest BCUT2D eigenvalue weighted by molar-refractivity contribution is -0.135. The molecule has 0 spiro atoms. The normalized spacial score (nSPS) is 17.4. The van der Waals surface area contributed by atoms with Gasteiger partial charge in [0.25, 0.3) is 0 Å². The molecule has 0 aromatic rings. The molecule has 0 unspecified atom stereocenters. The van der Waals surface area contributed by atoms with E-state index in [1.165, 1.54) is 0 Å². The average Bonchev–Trinajstić information content (AvgIpc) is 2.27. The van der Waals surface area contributed by atoms with Crippen LogP contribution in [-0.2, 0) is 9.59 Å². The summed E-state index contributed by atoms with van der Waals surface area (Å²) in [6.45, 7) is 12.3. The molecular formula is C14H27N3O2. The highest BCUT2D eigenvalue weighted by Gasteiger charge is 2.25. The Hall–Kier alpha value is -1.10. The van der Waals surface area contributed by atoms with Crippen LogP contribution in [0.1, 0.15) is 34.1 Å². The molecule has 2 amide bonds. The zero-order chi connectivity index (χ0) is 14.5. The van der Waals surface area contributed by atoms with Crippen LogP contribution in [0.25, 0.3) is 0 Å². The highest BCUT2D eigenvalue weighted by Crippen LogP contribution is 2.20. The van der Waals surface area contributed by atoms with Crippen LogP contribution >= 0.6 is 0 Å². The molecule has 1 N–H and O–H groups in total. The lowest BCUT2D eigenvalue weighted by Crippen LogP contribution is -2.51.